The maximum Gasteiger partial charge on any atom is 0.178 e. The zero-order valence-electron chi connectivity index (χ0n) is 10.7. The first-order valence-electron chi connectivity index (χ1n) is 5.98. The van der Waals surface area contributed by atoms with E-state index >= 15 is 0 Å². The quantitative estimate of drug-likeness (QED) is 0.629. The van der Waals surface area contributed by atoms with Crippen molar-refractivity contribution < 1.29 is 0 Å². The van der Waals surface area contributed by atoms with E-state index in [9.17, 15) is 0 Å². The zero-order chi connectivity index (χ0) is 13.6. The fourth-order valence-electron chi connectivity index (χ4n) is 2.17. The minimum atomic E-state index is 0.775. The molecule has 0 saturated carbocycles. The number of imidazole rings is 1. The van der Waals surface area contributed by atoms with Crippen molar-refractivity contribution in [3.63, 3.8) is 0 Å². The fraction of sp³-hybridized carbons (Fsp3) is 0.214. The van der Waals surface area contributed by atoms with Gasteiger partial charge in [-0.05, 0) is 55.9 Å². The Kier molecular flexibility index (Phi) is 3.37. The number of halogens is 1. The Balaban J connectivity index is 2.11. The van der Waals surface area contributed by atoms with Gasteiger partial charge in [0.15, 0.2) is 4.77 Å². The summed E-state index contributed by atoms with van der Waals surface area (Å²) in [7, 11) is 0. The van der Waals surface area contributed by atoms with Crippen LogP contribution in [0.4, 0.5) is 0 Å². The molecular formula is C14H13BrN2S2. The minimum Gasteiger partial charge on any atom is -0.331 e. The molecule has 0 aliphatic carbocycles. The summed E-state index contributed by atoms with van der Waals surface area (Å²) in [6.07, 6.45) is 0. The molecule has 0 saturated heterocycles. The zero-order valence-corrected chi connectivity index (χ0v) is 13.9. The van der Waals surface area contributed by atoms with Gasteiger partial charge < -0.3 is 9.55 Å². The van der Waals surface area contributed by atoms with E-state index in [-0.39, 0.29) is 0 Å². The maximum atomic E-state index is 5.43. The van der Waals surface area contributed by atoms with Crippen LogP contribution < -0.4 is 0 Å². The highest BCUT2D eigenvalue weighted by molar-refractivity contribution is 9.10. The lowest BCUT2D eigenvalue weighted by atomic mass is 10.3. The monoisotopic (exact) mass is 352 g/mol. The largest absolute Gasteiger partial charge is 0.331 e. The van der Waals surface area contributed by atoms with Crippen molar-refractivity contribution in [3.8, 4) is 0 Å². The lowest BCUT2D eigenvalue weighted by molar-refractivity contribution is 0.823. The van der Waals surface area contributed by atoms with Gasteiger partial charge in [0.1, 0.15) is 0 Å². The molecule has 1 N–H and O–H groups in total. The third-order valence-electron chi connectivity index (χ3n) is 3.27. The Bertz CT molecular complexity index is 791. The van der Waals surface area contributed by atoms with Crippen LogP contribution in [0.1, 0.15) is 15.3 Å². The van der Waals surface area contributed by atoms with Crippen molar-refractivity contribution in [2.24, 2.45) is 0 Å². The van der Waals surface area contributed by atoms with Crippen molar-refractivity contribution >= 4 is 50.5 Å². The van der Waals surface area contributed by atoms with Gasteiger partial charge in [0, 0.05) is 14.2 Å². The van der Waals surface area contributed by atoms with Gasteiger partial charge >= 0.3 is 0 Å². The molecule has 0 fully saturated rings. The third-order valence-corrected chi connectivity index (χ3v) is 5.22. The molecule has 1 aromatic carbocycles. The second-order valence-electron chi connectivity index (χ2n) is 4.63. The Morgan fingerprint density at radius 2 is 2.11 bits per heavy atom. The first-order chi connectivity index (χ1) is 9.04. The summed E-state index contributed by atoms with van der Waals surface area (Å²) in [4.78, 5) is 5.97. The highest BCUT2D eigenvalue weighted by atomic mass is 79.9. The number of hydrogen-bond donors (Lipinski definition) is 1. The lowest BCUT2D eigenvalue weighted by Crippen LogP contribution is -1.97. The standard InChI is InChI=1S/C14H13BrN2S2/c1-8-5-11(19-9(8)2)7-17-13-6-10(15)3-4-12(13)16-14(17)18/h3-6H,7H2,1-2H3,(H,16,18). The molecule has 3 aromatic rings. The number of aryl methyl sites for hydroxylation is 2. The Labute approximate surface area is 129 Å². The van der Waals surface area contributed by atoms with Crippen molar-refractivity contribution in [3.05, 3.63) is 48.8 Å². The van der Waals surface area contributed by atoms with Gasteiger partial charge in [-0.3, -0.25) is 0 Å². The fourth-order valence-corrected chi connectivity index (χ4v) is 3.83. The molecule has 0 unspecified atom stereocenters. The number of aromatic amines is 1. The summed E-state index contributed by atoms with van der Waals surface area (Å²) in [5, 5.41) is 0. The topological polar surface area (TPSA) is 20.7 Å². The Hall–Kier alpha value is -0.910. The van der Waals surface area contributed by atoms with Gasteiger partial charge in [0.2, 0.25) is 0 Å². The molecule has 3 rings (SSSR count). The van der Waals surface area contributed by atoms with Crippen LogP contribution in [0.15, 0.2) is 28.7 Å². The molecule has 0 aliphatic rings. The number of rotatable bonds is 2. The van der Waals surface area contributed by atoms with Crippen LogP contribution >= 0.6 is 39.5 Å². The highest BCUT2D eigenvalue weighted by Gasteiger charge is 2.08. The molecule has 5 heteroatoms. The summed E-state index contributed by atoms with van der Waals surface area (Å²) in [5.41, 5.74) is 3.58. The number of thiophene rings is 1. The molecular weight excluding hydrogens is 340 g/mol. The Morgan fingerprint density at radius 3 is 2.79 bits per heavy atom. The van der Waals surface area contributed by atoms with Gasteiger partial charge in [-0.25, -0.2) is 0 Å². The molecule has 0 atom stereocenters. The summed E-state index contributed by atoms with van der Waals surface area (Å²) < 4.78 is 4.00. The SMILES string of the molecule is Cc1cc(Cn2c(=S)[nH]c3ccc(Br)cc32)sc1C. The first kappa shape index (κ1) is 13.1. The normalized spacial score (nSPS) is 11.3. The number of hydrogen-bond acceptors (Lipinski definition) is 2. The van der Waals surface area contributed by atoms with Gasteiger partial charge in [-0.1, -0.05) is 15.9 Å². The van der Waals surface area contributed by atoms with Crippen molar-refractivity contribution in [2.75, 3.05) is 0 Å². The third kappa shape index (κ3) is 2.42. The molecule has 0 aliphatic heterocycles. The molecule has 0 amide bonds. The van der Waals surface area contributed by atoms with Crippen LogP contribution in [-0.2, 0) is 6.54 Å². The van der Waals surface area contributed by atoms with Crippen molar-refractivity contribution in [1.82, 2.24) is 9.55 Å². The number of aromatic nitrogens is 2. The van der Waals surface area contributed by atoms with Gasteiger partial charge in [0.25, 0.3) is 0 Å². The molecule has 0 spiro atoms. The highest BCUT2D eigenvalue weighted by Crippen LogP contribution is 2.25. The lowest BCUT2D eigenvalue weighted by Gasteiger charge is -2.02. The first-order valence-corrected chi connectivity index (χ1v) is 8.00. The van der Waals surface area contributed by atoms with Crippen molar-refractivity contribution in [1.29, 1.82) is 0 Å². The number of nitrogens with one attached hydrogen (secondary N) is 1. The van der Waals surface area contributed by atoms with E-state index < -0.39 is 0 Å². The van der Waals surface area contributed by atoms with Crippen molar-refractivity contribution in [2.45, 2.75) is 20.4 Å². The second kappa shape index (κ2) is 4.89. The van der Waals surface area contributed by atoms with E-state index in [2.05, 4.69) is 57.5 Å². The summed E-state index contributed by atoms with van der Waals surface area (Å²) >= 11 is 10.8. The number of benzene rings is 1. The van der Waals surface area contributed by atoms with Crippen LogP contribution in [-0.4, -0.2) is 9.55 Å². The van der Waals surface area contributed by atoms with Crippen LogP contribution in [0.2, 0.25) is 0 Å². The number of nitrogens with zero attached hydrogens (tertiary/aromatic N) is 1. The molecule has 0 radical (unpaired) electrons. The van der Waals surface area contributed by atoms with Gasteiger partial charge in [-0.15, -0.1) is 11.3 Å². The summed E-state index contributed by atoms with van der Waals surface area (Å²) in [5.74, 6) is 0. The van der Waals surface area contributed by atoms with Gasteiger partial charge in [0.05, 0.1) is 17.6 Å². The average Bonchev–Trinajstić information content (AvgIpc) is 2.82. The molecule has 2 heterocycles. The van der Waals surface area contributed by atoms with Crippen LogP contribution in [0, 0.1) is 18.6 Å². The maximum absolute atomic E-state index is 5.43. The summed E-state index contributed by atoms with van der Waals surface area (Å²) in [6, 6.07) is 8.43. The predicted octanol–water partition coefficient (Wildman–Crippen LogP) is 5.19. The van der Waals surface area contributed by atoms with Crippen LogP contribution in [0.25, 0.3) is 11.0 Å². The van der Waals surface area contributed by atoms with Crippen LogP contribution in [0.5, 0.6) is 0 Å². The average molecular weight is 353 g/mol. The number of fused-ring (bicyclic) bond motifs is 1. The van der Waals surface area contributed by atoms with E-state index in [0.717, 1.165) is 26.8 Å². The molecule has 19 heavy (non-hydrogen) atoms. The Morgan fingerprint density at radius 1 is 1.32 bits per heavy atom. The van der Waals surface area contributed by atoms with E-state index in [1.165, 1.54) is 15.3 Å². The van der Waals surface area contributed by atoms with E-state index in [1.54, 1.807) is 0 Å². The van der Waals surface area contributed by atoms with E-state index in [0.29, 0.717) is 0 Å². The van der Waals surface area contributed by atoms with E-state index in [4.69, 9.17) is 12.2 Å². The summed E-state index contributed by atoms with van der Waals surface area (Å²) in [6.45, 7) is 5.14. The minimum absolute atomic E-state index is 0.775. The second-order valence-corrected chi connectivity index (χ2v) is 7.27. The molecule has 0 bridgehead atoms. The molecule has 2 nitrogen and oxygen atoms in total. The van der Waals surface area contributed by atoms with Gasteiger partial charge in [-0.2, -0.15) is 0 Å². The molecule has 98 valence electrons. The van der Waals surface area contributed by atoms with Crippen LogP contribution in [0.3, 0.4) is 0 Å². The smallest absolute Gasteiger partial charge is 0.178 e. The predicted molar refractivity (Wildman–Crippen MR) is 87.7 cm³/mol. The molecule has 2 aromatic heterocycles. The van der Waals surface area contributed by atoms with E-state index in [1.807, 2.05) is 17.4 Å². The number of H-pyrrole nitrogens is 1.